The number of fused-ring (bicyclic) bond motifs is 1. The van der Waals surface area contributed by atoms with Crippen LogP contribution in [0.4, 0.5) is 22.0 Å². The zero-order chi connectivity index (χ0) is 34.4. The average molecular weight is 673 g/mol. The molecular weight excluding hydrogens is 635 g/mol. The molecule has 0 bridgehead atoms. The predicted molar refractivity (Wildman–Crippen MR) is 175 cm³/mol. The molecular formula is C36H38ClF5N4O. The first-order valence-corrected chi connectivity index (χ1v) is 16.3. The number of hydrogen-bond acceptors (Lipinski definition) is 4. The maximum atomic E-state index is 16.2. The zero-order valence-electron chi connectivity index (χ0n) is 27.1. The van der Waals surface area contributed by atoms with E-state index in [4.69, 9.17) is 22.0 Å². The highest BCUT2D eigenvalue weighted by Crippen LogP contribution is 2.46. The van der Waals surface area contributed by atoms with Crippen molar-refractivity contribution in [1.29, 1.82) is 5.41 Å². The summed E-state index contributed by atoms with van der Waals surface area (Å²) < 4.78 is 74.2. The Kier molecular flexibility index (Phi) is 9.66. The summed E-state index contributed by atoms with van der Waals surface area (Å²) >= 11 is 6.58. The van der Waals surface area contributed by atoms with Gasteiger partial charge in [0.05, 0.1) is 21.8 Å². The van der Waals surface area contributed by atoms with Crippen LogP contribution < -0.4 is 5.56 Å². The SMILES string of the molecule is CCCC(=N)c1c(Cl)ccc(-n2c(C(Cc3cc(F)cc(F)c3)C(C)C)nc3nc(C4(F)CCC(F)(F)CC4)cc(C)c3c2=O)c1C. The molecule has 2 aromatic heterocycles. The van der Waals surface area contributed by atoms with E-state index in [1.165, 1.54) is 22.8 Å². The van der Waals surface area contributed by atoms with Crippen LogP contribution >= 0.6 is 11.6 Å². The highest BCUT2D eigenvalue weighted by molar-refractivity contribution is 6.34. The number of alkyl halides is 3. The van der Waals surface area contributed by atoms with Gasteiger partial charge in [-0.15, -0.1) is 0 Å². The second-order valence-corrected chi connectivity index (χ2v) is 13.5. The quantitative estimate of drug-likeness (QED) is 0.142. The van der Waals surface area contributed by atoms with Gasteiger partial charge in [-0.25, -0.2) is 31.9 Å². The largest absolute Gasteiger partial charge is 0.305 e. The molecule has 0 radical (unpaired) electrons. The van der Waals surface area contributed by atoms with Crippen molar-refractivity contribution >= 4 is 28.3 Å². The van der Waals surface area contributed by atoms with E-state index in [2.05, 4.69) is 4.98 Å². The van der Waals surface area contributed by atoms with Crippen LogP contribution in [0.5, 0.6) is 0 Å². The molecule has 1 atom stereocenters. The van der Waals surface area contributed by atoms with Crippen molar-refractivity contribution in [1.82, 2.24) is 14.5 Å². The molecule has 0 aliphatic heterocycles. The Balaban J connectivity index is 1.81. The number of aryl methyl sites for hydroxylation is 1. The zero-order valence-corrected chi connectivity index (χ0v) is 27.8. The van der Waals surface area contributed by atoms with Gasteiger partial charge in [0.1, 0.15) is 17.5 Å². The van der Waals surface area contributed by atoms with Crippen LogP contribution in [0.25, 0.3) is 16.7 Å². The van der Waals surface area contributed by atoms with E-state index < -0.39 is 60.4 Å². The summed E-state index contributed by atoms with van der Waals surface area (Å²) in [7, 11) is 0. The molecule has 11 heteroatoms. The molecule has 0 amide bonds. The Bertz CT molecular complexity index is 1890. The van der Waals surface area contributed by atoms with Crippen molar-refractivity contribution in [3.05, 3.63) is 97.2 Å². The number of rotatable bonds is 9. The lowest BCUT2D eigenvalue weighted by Gasteiger charge is -2.33. The highest BCUT2D eigenvalue weighted by Gasteiger charge is 2.46. The Morgan fingerprint density at radius 2 is 1.64 bits per heavy atom. The van der Waals surface area contributed by atoms with Gasteiger partial charge < -0.3 is 5.41 Å². The van der Waals surface area contributed by atoms with Crippen molar-refractivity contribution in [3.8, 4) is 5.69 Å². The van der Waals surface area contributed by atoms with Crippen molar-refractivity contribution in [2.75, 3.05) is 0 Å². The number of hydrogen-bond donors (Lipinski definition) is 1. The number of benzene rings is 2. The lowest BCUT2D eigenvalue weighted by atomic mass is 9.81. The van der Waals surface area contributed by atoms with Crippen molar-refractivity contribution < 1.29 is 22.0 Å². The second kappa shape index (κ2) is 13.1. The van der Waals surface area contributed by atoms with Gasteiger partial charge in [-0.05, 0) is 92.5 Å². The molecule has 4 aromatic rings. The summed E-state index contributed by atoms with van der Waals surface area (Å²) in [6.07, 6.45) is -0.792. The van der Waals surface area contributed by atoms with Crippen LogP contribution in [0.2, 0.25) is 5.02 Å². The molecule has 0 spiro atoms. The number of halogens is 6. The fraction of sp³-hybridized carbons (Fsp3) is 0.444. The molecule has 1 saturated carbocycles. The topological polar surface area (TPSA) is 71.6 Å². The van der Waals surface area contributed by atoms with E-state index in [1.54, 1.807) is 26.0 Å². The third-order valence-corrected chi connectivity index (χ3v) is 9.55. The van der Waals surface area contributed by atoms with Gasteiger partial charge in [-0.3, -0.25) is 9.36 Å². The first-order valence-electron chi connectivity index (χ1n) is 15.9. The van der Waals surface area contributed by atoms with Gasteiger partial charge in [0.25, 0.3) is 5.56 Å². The Labute approximate surface area is 275 Å². The first-order chi connectivity index (χ1) is 22.0. The molecule has 1 aliphatic rings. The summed E-state index contributed by atoms with van der Waals surface area (Å²) in [5, 5.41) is 9.18. The van der Waals surface area contributed by atoms with E-state index in [1.807, 2.05) is 20.8 Å². The van der Waals surface area contributed by atoms with Crippen molar-refractivity contribution in [2.45, 2.75) is 97.1 Å². The Morgan fingerprint density at radius 1 is 1.00 bits per heavy atom. The molecule has 47 heavy (non-hydrogen) atoms. The molecule has 2 aromatic carbocycles. The first kappa shape index (κ1) is 34.7. The normalized spacial score (nSPS) is 16.5. The van der Waals surface area contributed by atoms with Crippen LogP contribution in [0.15, 0.2) is 41.2 Å². The number of nitrogens with one attached hydrogen (secondary N) is 1. The molecule has 5 nitrogen and oxygen atoms in total. The van der Waals surface area contributed by atoms with E-state index in [0.29, 0.717) is 51.5 Å². The molecule has 1 aliphatic carbocycles. The lowest BCUT2D eigenvalue weighted by molar-refractivity contribution is -0.0784. The minimum Gasteiger partial charge on any atom is -0.305 e. The van der Waals surface area contributed by atoms with Crippen LogP contribution in [-0.2, 0) is 12.1 Å². The van der Waals surface area contributed by atoms with Gasteiger partial charge in [0.15, 0.2) is 11.3 Å². The fourth-order valence-electron chi connectivity index (χ4n) is 6.62. The summed E-state index contributed by atoms with van der Waals surface area (Å²) in [6.45, 7) is 9.14. The maximum Gasteiger partial charge on any atom is 0.267 e. The predicted octanol–water partition coefficient (Wildman–Crippen LogP) is 9.85. The molecule has 2 heterocycles. The van der Waals surface area contributed by atoms with Gasteiger partial charge in [0, 0.05) is 36.1 Å². The smallest absolute Gasteiger partial charge is 0.267 e. The highest BCUT2D eigenvalue weighted by atomic mass is 35.5. The van der Waals surface area contributed by atoms with Gasteiger partial charge >= 0.3 is 0 Å². The Hall–Kier alpha value is -3.66. The van der Waals surface area contributed by atoms with Gasteiger partial charge in [-0.1, -0.05) is 38.8 Å². The van der Waals surface area contributed by atoms with Gasteiger partial charge in [-0.2, -0.15) is 0 Å². The monoisotopic (exact) mass is 672 g/mol. The van der Waals surface area contributed by atoms with E-state index in [0.717, 1.165) is 6.07 Å². The minimum absolute atomic E-state index is 0.0350. The third-order valence-electron chi connectivity index (χ3n) is 9.24. The van der Waals surface area contributed by atoms with Crippen LogP contribution in [-0.4, -0.2) is 26.2 Å². The van der Waals surface area contributed by atoms with Crippen LogP contribution in [0.1, 0.15) is 99.0 Å². The van der Waals surface area contributed by atoms with Crippen LogP contribution in [0.3, 0.4) is 0 Å². The minimum atomic E-state index is -2.95. The fourth-order valence-corrected chi connectivity index (χ4v) is 6.94. The lowest BCUT2D eigenvalue weighted by Crippen LogP contribution is -2.34. The van der Waals surface area contributed by atoms with Crippen molar-refractivity contribution in [3.63, 3.8) is 0 Å². The molecule has 1 fully saturated rings. The summed E-state index contributed by atoms with van der Waals surface area (Å²) in [5.74, 6) is -5.00. The molecule has 5 rings (SSSR count). The summed E-state index contributed by atoms with van der Waals surface area (Å²) in [5.41, 5.74) is -0.162. The maximum absolute atomic E-state index is 16.2. The van der Waals surface area contributed by atoms with E-state index in [-0.39, 0.29) is 34.9 Å². The van der Waals surface area contributed by atoms with Crippen molar-refractivity contribution in [2.24, 2.45) is 5.92 Å². The summed E-state index contributed by atoms with van der Waals surface area (Å²) in [6, 6.07) is 7.97. The number of pyridine rings is 1. The summed E-state index contributed by atoms with van der Waals surface area (Å²) in [4.78, 5) is 24.0. The standard InChI is InChI=1S/C36H38ClF5N4O/c1-6-7-27(43)31-21(5)28(9-8-26(31)37)46-33(25(19(2)3)17-22-15-23(38)18-24(39)16-22)45-32-30(34(46)47)20(4)14-29(44-32)35(40)10-12-36(41,42)13-11-35/h8-9,14-16,18-19,25,43H,6-7,10-13,17H2,1-5H3. The number of aromatic nitrogens is 3. The molecule has 1 unspecified atom stereocenters. The van der Waals surface area contributed by atoms with E-state index >= 15 is 4.39 Å². The van der Waals surface area contributed by atoms with Gasteiger partial charge in [0.2, 0.25) is 5.92 Å². The molecule has 1 N–H and O–H groups in total. The molecule has 250 valence electrons. The van der Waals surface area contributed by atoms with E-state index in [9.17, 15) is 22.4 Å². The Morgan fingerprint density at radius 3 is 2.23 bits per heavy atom. The van der Waals surface area contributed by atoms with Crippen LogP contribution in [0, 0.1) is 36.8 Å². The average Bonchev–Trinajstić information content (AvgIpc) is 2.97. The number of nitrogens with zero attached hydrogens (tertiary/aromatic N) is 3. The molecule has 0 saturated heterocycles. The third kappa shape index (κ3) is 6.84. The second-order valence-electron chi connectivity index (χ2n) is 13.1.